The van der Waals surface area contributed by atoms with Crippen LogP contribution in [0, 0.1) is 11.3 Å². The zero-order chi connectivity index (χ0) is 29.1. The Balaban J connectivity index is 1.71. The van der Waals surface area contributed by atoms with Crippen LogP contribution in [-0.2, 0) is 26.0 Å². The lowest BCUT2D eigenvalue weighted by Crippen LogP contribution is -2.43. The highest BCUT2D eigenvalue weighted by molar-refractivity contribution is 7.89. The molecule has 2 rings (SSSR count). The van der Waals surface area contributed by atoms with Gasteiger partial charge in [0.1, 0.15) is 11.4 Å². The Bertz CT molecular complexity index is 1010. The van der Waals surface area contributed by atoms with Crippen LogP contribution in [0.25, 0.3) is 0 Å². The van der Waals surface area contributed by atoms with E-state index in [0.29, 0.717) is 18.9 Å². The second kappa shape index (κ2) is 14.9. The van der Waals surface area contributed by atoms with Crippen LogP contribution < -0.4 is 9.46 Å². The lowest BCUT2D eigenvalue weighted by Gasteiger charge is -2.33. The highest BCUT2D eigenvalue weighted by Crippen LogP contribution is 2.26. The van der Waals surface area contributed by atoms with E-state index in [2.05, 4.69) is 4.72 Å². The largest absolute Gasteiger partial charge is 0.494 e. The molecule has 222 valence electrons. The van der Waals surface area contributed by atoms with Gasteiger partial charge in [-0.25, -0.2) is 17.9 Å². The van der Waals surface area contributed by atoms with Gasteiger partial charge in [0, 0.05) is 19.6 Å². The molecular weight excluding hydrogens is 520 g/mol. The molecular formula is C29H48N2O7S. The standard InChI is InChI=1S/C29H48N2O7S/c1-6-7-20-39(35,36)30-22-29(5,26(32)33)21-24-11-13-25(14-12-24)37-19-9-8-10-23-15-17-31(18-16-23)27(34)38-28(2,3)4/h11-14,23,30H,6-10,15-22H2,1-5H3,(H,32,33). The molecule has 1 atom stereocenters. The molecule has 0 spiro atoms. The van der Waals surface area contributed by atoms with Gasteiger partial charge >= 0.3 is 12.1 Å². The number of piperidine rings is 1. The van der Waals surface area contributed by atoms with Crippen molar-refractivity contribution >= 4 is 22.1 Å². The smallest absolute Gasteiger partial charge is 0.410 e. The fourth-order valence-electron chi connectivity index (χ4n) is 4.50. The molecule has 39 heavy (non-hydrogen) atoms. The number of nitrogens with one attached hydrogen (secondary N) is 1. The van der Waals surface area contributed by atoms with Gasteiger partial charge in [-0.3, -0.25) is 4.79 Å². The number of hydrogen-bond acceptors (Lipinski definition) is 6. The van der Waals surface area contributed by atoms with Crippen LogP contribution in [0.4, 0.5) is 4.79 Å². The number of aliphatic carboxylic acids is 1. The zero-order valence-electron chi connectivity index (χ0n) is 24.3. The van der Waals surface area contributed by atoms with Gasteiger partial charge in [-0.1, -0.05) is 31.9 Å². The first-order valence-corrected chi connectivity index (χ1v) is 15.8. The zero-order valence-corrected chi connectivity index (χ0v) is 25.1. The van der Waals surface area contributed by atoms with E-state index in [1.165, 1.54) is 0 Å². The molecule has 0 aromatic heterocycles. The van der Waals surface area contributed by atoms with Crippen LogP contribution in [0.2, 0.25) is 0 Å². The van der Waals surface area contributed by atoms with Crippen molar-refractivity contribution in [2.75, 3.05) is 32.0 Å². The maximum Gasteiger partial charge on any atom is 0.410 e. The minimum atomic E-state index is -3.50. The van der Waals surface area contributed by atoms with Crippen molar-refractivity contribution < 1.29 is 32.6 Å². The van der Waals surface area contributed by atoms with E-state index in [1.807, 2.05) is 52.0 Å². The highest BCUT2D eigenvalue weighted by atomic mass is 32.2. The second-order valence-electron chi connectivity index (χ2n) is 11.9. The Morgan fingerprint density at radius 3 is 2.26 bits per heavy atom. The van der Waals surface area contributed by atoms with Gasteiger partial charge < -0.3 is 19.5 Å². The van der Waals surface area contributed by atoms with Gasteiger partial charge in [0.25, 0.3) is 0 Å². The highest BCUT2D eigenvalue weighted by Gasteiger charge is 2.34. The van der Waals surface area contributed by atoms with Gasteiger partial charge in [-0.2, -0.15) is 0 Å². The normalized spacial score (nSPS) is 16.5. The van der Waals surface area contributed by atoms with Crippen LogP contribution in [0.5, 0.6) is 5.75 Å². The first-order chi connectivity index (χ1) is 18.2. The molecule has 1 aromatic carbocycles. The average molecular weight is 569 g/mol. The Kier molecular flexibility index (Phi) is 12.5. The van der Waals surface area contributed by atoms with Crippen LogP contribution in [0.3, 0.4) is 0 Å². The summed E-state index contributed by atoms with van der Waals surface area (Å²) in [7, 11) is -3.50. The third-order valence-electron chi connectivity index (χ3n) is 7.02. The maximum atomic E-state index is 12.2. The number of sulfonamides is 1. The molecule has 1 unspecified atom stereocenters. The fraction of sp³-hybridized carbons (Fsp3) is 0.724. The molecule has 1 aliphatic heterocycles. The third-order valence-corrected chi connectivity index (χ3v) is 8.43. The molecule has 2 N–H and O–H groups in total. The minimum absolute atomic E-state index is 0.00139. The number of amides is 1. The van der Waals surface area contributed by atoms with E-state index in [-0.39, 0.29) is 24.8 Å². The Morgan fingerprint density at radius 2 is 1.69 bits per heavy atom. The summed E-state index contributed by atoms with van der Waals surface area (Å²) in [5.41, 5.74) is -0.924. The number of carboxylic acid groups (broad SMARTS) is 1. The molecule has 1 aliphatic rings. The van der Waals surface area contributed by atoms with E-state index in [1.54, 1.807) is 11.8 Å². The molecule has 0 radical (unpaired) electrons. The van der Waals surface area contributed by atoms with E-state index in [4.69, 9.17) is 9.47 Å². The second-order valence-corrected chi connectivity index (χ2v) is 13.9. The van der Waals surface area contributed by atoms with Gasteiger partial charge in [0.05, 0.1) is 17.8 Å². The van der Waals surface area contributed by atoms with Crippen molar-refractivity contribution in [1.29, 1.82) is 0 Å². The number of carbonyl (C=O) groups is 2. The number of unbranched alkanes of at least 4 members (excludes halogenated alkanes) is 2. The summed E-state index contributed by atoms with van der Waals surface area (Å²) in [5, 5.41) is 9.78. The molecule has 1 saturated heterocycles. The molecule has 9 nitrogen and oxygen atoms in total. The van der Waals surface area contributed by atoms with E-state index in [0.717, 1.165) is 62.9 Å². The summed E-state index contributed by atoms with van der Waals surface area (Å²) in [6.45, 7) is 11.0. The molecule has 0 aliphatic carbocycles. The molecule has 10 heteroatoms. The third kappa shape index (κ3) is 12.2. The van der Waals surface area contributed by atoms with Gasteiger partial charge in [0.2, 0.25) is 10.0 Å². The topological polar surface area (TPSA) is 122 Å². The monoisotopic (exact) mass is 568 g/mol. The lowest BCUT2D eigenvalue weighted by molar-refractivity contribution is -0.147. The van der Waals surface area contributed by atoms with Gasteiger partial charge in [0.15, 0.2) is 0 Å². The Morgan fingerprint density at radius 1 is 1.05 bits per heavy atom. The fourth-order valence-corrected chi connectivity index (χ4v) is 5.85. The number of ether oxygens (including phenoxy) is 2. The van der Waals surface area contributed by atoms with E-state index >= 15 is 0 Å². The van der Waals surface area contributed by atoms with Crippen molar-refractivity contribution in [3.05, 3.63) is 29.8 Å². The van der Waals surface area contributed by atoms with Crippen molar-refractivity contribution in [2.45, 2.75) is 91.6 Å². The van der Waals surface area contributed by atoms with Crippen molar-refractivity contribution in [1.82, 2.24) is 9.62 Å². The summed E-state index contributed by atoms with van der Waals surface area (Å²) < 4.78 is 38.1. The molecule has 1 amide bonds. The number of hydrogen-bond donors (Lipinski definition) is 2. The number of rotatable bonds is 15. The molecule has 1 aromatic rings. The summed E-state index contributed by atoms with van der Waals surface area (Å²) in [6, 6.07) is 7.33. The van der Waals surface area contributed by atoms with E-state index in [9.17, 15) is 23.1 Å². The summed E-state index contributed by atoms with van der Waals surface area (Å²) in [4.78, 5) is 26.0. The number of nitrogens with zero attached hydrogens (tertiary/aromatic N) is 1. The molecule has 0 saturated carbocycles. The SMILES string of the molecule is CCCCS(=O)(=O)NCC(C)(Cc1ccc(OCCCCC2CCN(C(=O)OC(C)(C)C)CC2)cc1)C(=O)O. The van der Waals surface area contributed by atoms with Crippen LogP contribution >= 0.6 is 0 Å². The molecule has 1 fully saturated rings. The number of carboxylic acids is 1. The Labute approximate surface area is 234 Å². The van der Waals surface area contributed by atoms with Crippen molar-refractivity contribution in [3.63, 3.8) is 0 Å². The van der Waals surface area contributed by atoms with Gasteiger partial charge in [-0.05, 0) is 89.8 Å². The predicted octanol–water partition coefficient (Wildman–Crippen LogP) is 5.24. The van der Waals surface area contributed by atoms with Crippen LogP contribution in [0.15, 0.2) is 24.3 Å². The van der Waals surface area contributed by atoms with Crippen LogP contribution in [0.1, 0.15) is 85.1 Å². The minimum Gasteiger partial charge on any atom is -0.494 e. The first-order valence-electron chi connectivity index (χ1n) is 14.1. The number of benzene rings is 1. The van der Waals surface area contributed by atoms with Crippen molar-refractivity contribution in [2.24, 2.45) is 11.3 Å². The summed E-state index contributed by atoms with van der Waals surface area (Å²) in [6.07, 6.45) is 6.36. The number of carbonyl (C=O) groups excluding carboxylic acids is 1. The lowest BCUT2D eigenvalue weighted by atomic mass is 9.84. The summed E-state index contributed by atoms with van der Waals surface area (Å²) >= 11 is 0. The molecule has 0 bridgehead atoms. The van der Waals surface area contributed by atoms with Gasteiger partial charge in [-0.15, -0.1) is 0 Å². The maximum absolute atomic E-state index is 12.2. The summed E-state index contributed by atoms with van der Waals surface area (Å²) in [5.74, 6) is 0.291. The Hall–Kier alpha value is -2.33. The van der Waals surface area contributed by atoms with Crippen molar-refractivity contribution in [3.8, 4) is 5.75 Å². The van der Waals surface area contributed by atoms with Crippen LogP contribution in [-0.4, -0.2) is 68.1 Å². The number of likely N-dealkylation sites (tertiary alicyclic amines) is 1. The van der Waals surface area contributed by atoms with E-state index < -0.39 is 27.0 Å². The average Bonchev–Trinajstić information content (AvgIpc) is 2.86. The predicted molar refractivity (Wildman–Crippen MR) is 152 cm³/mol. The molecule has 1 heterocycles. The quantitative estimate of drug-likeness (QED) is 0.278. The first kappa shape index (κ1) is 32.9.